The molecule has 2 saturated heterocycles. The van der Waals surface area contributed by atoms with E-state index >= 15 is 0 Å². The Labute approximate surface area is 124 Å². The monoisotopic (exact) mass is 280 g/mol. The second-order valence-electron chi connectivity index (χ2n) is 9.15. The van der Waals surface area contributed by atoms with E-state index in [9.17, 15) is 4.79 Å². The molecule has 0 aromatic rings. The van der Waals surface area contributed by atoms with Crippen molar-refractivity contribution in [3.8, 4) is 0 Å². The maximum absolute atomic E-state index is 12.3. The molecule has 20 heavy (non-hydrogen) atoms. The maximum Gasteiger partial charge on any atom is 0.223 e. The van der Waals surface area contributed by atoms with Crippen molar-refractivity contribution >= 4 is 5.91 Å². The average molecular weight is 280 g/mol. The number of nitrogens with zero attached hydrogens (tertiary/aromatic N) is 2. The van der Waals surface area contributed by atoms with Crippen molar-refractivity contribution in [2.45, 2.75) is 66.3 Å². The average Bonchev–Trinajstić information content (AvgIpc) is 2.22. The molecule has 1 amide bonds. The number of rotatable bonds is 1. The lowest BCUT2D eigenvalue weighted by molar-refractivity contribution is -0.140. The van der Waals surface area contributed by atoms with Crippen LogP contribution < -0.4 is 0 Å². The third-order valence-corrected chi connectivity index (χ3v) is 4.86. The van der Waals surface area contributed by atoms with Crippen LogP contribution in [-0.2, 0) is 4.79 Å². The Bertz CT molecular complexity index is 359. The molecule has 0 atom stereocenters. The van der Waals surface area contributed by atoms with Gasteiger partial charge in [0.15, 0.2) is 0 Å². The Kier molecular flexibility index (Phi) is 3.96. The number of amides is 1. The van der Waals surface area contributed by atoms with E-state index in [-0.39, 0.29) is 5.41 Å². The minimum absolute atomic E-state index is 0.103. The zero-order chi connectivity index (χ0) is 15.2. The first-order valence-corrected chi connectivity index (χ1v) is 8.04. The molecule has 3 heteroatoms. The van der Waals surface area contributed by atoms with Gasteiger partial charge in [-0.1, -0.05) is 20.8 Å². The van der Waals surface area contributed by atoms with Crippen LogP contribution in [0.15, 0.2) is 0 Å². The summed E-state index contributed by atoms with van der Waals surface area (Å²) >= 11 is 0. The predicted octanol–water partition coefficient (Wildman–Crippen LogP) is 3.15. The van der Waals surface area contributed by atoms with E-state index in [1.165, 1.54) is 25.9 Å². The third kappa shape index (κ3) is 3.55. The molecule has 2 rings (SSSR count). The van der Waals surface area contributed by atoms with Crippen LogP contribution in [0.25, 0.3) is 0 Å². The van der Waals surface area contributed by atoms with Gasteiger partial charge in [0.05, 0.1) is 0 Å². The molecule has 2 aliphatic heterocycles. The highest BCUT2D eigenvalue weighted by Gasteiger charge is 2.48. The smallest absolute Gasteiger partial charge is 0.223 e. The Morgan fingerprint density at radius 2 is 1.50 bits per heavy atom. The van der Waals surface area contributed by atoms with Gasteiger partial charge in [0.2, 0.25) is 5.91 Å². The molecular formula is C17H32N2O. The fourth-order valence-electron chi connectivity index (χ4n) is 3.35. The summed E-state index contributed by atoms with van der Waals surface area (Å²) < 4.78 is 0. The van der Waals surface area contributed by atoms with Gasteiger partial charge in [-0.3, -0.25) is 9.69 Å². The van der Waals surface area contributed by atoms with E-state index in [2.05, 4.69) is 51.3 Å². The molecule has 0 radical (unpaired) electrons. The lowest BCUT2D eigenvalue weighted by Gasteiger charge is -2.58. The van der Waals surface area contributed by atoms with Crippen LogP contribution in [0.5, 0.6) is 0 Å². The van der Waals surface area contributed by atoms with Crippen molar-refractivity contribution < 1.29 is 4.79 Å². The minimum atomic E-state index is 0.103. The summed E-state index contributed by atoms with van der Waals surface area (Å²) in [6.07, 6.45) is 3.05. The van der Waals surface area contributed by atoms with Crippen LogP contribution in [0.2, 0.25) is 0 Å². The number of likely N-dealkylation sites (tertiary alicyclic amines) is 2. The Morgan fingerprint density at radius 1 is 1.00 bits per heavy atom. The first-order valence-electron chi connectivity index (χ1n) is 8.04. The molecule has 0 aromatic heterocycles. The van der Waals surface area contributed by atoms with Crippen LogP contribution in [0.1, 0.15) is 60.8 Å². The van der Waals surface area contributed by atoms with Crippen molar-refractivity contribution in [3.05, 3.63) is 0 Å². The molecule has 0 unspecified atom stereocenters. The summed E-state index contributed by atoms with van der Waals surface area (Å²) in [6, 6.07) is 0. The van der Waals surface area contributed by atoms with Crippen molar-refractivity contribution in [1.82, 2.24) is 9.80 Å². The summed E-state index contributed by atoms with van der Waals surface area (Å²) in [4.78, 5) is 16.9. The van der Waals surface area contributed by atoms with Gasteiger partial charge in [-0.15, -0.1) is 0 Å². The van der Waals surface area contributed by atoms with Gasteiger partial charge in [-0.2, -0.15) is 0 Å². The van der Waals surface area contributed by atoms with Gasteiger partial charge in [0, 0.05) is 38.1 Å². The third-order valence-electron chi connectivity index (χ3n) is 4.86. The molecule has 2 aliphatic rings. The van der Waals surface area contributed by atoms with E-state index in [0.717, 1.165) is 13.1 Å². The molecule has 0 saturated carbocycles. The van der Waals surface area contributed by atoms with E-state index in [1.807, 2.05) is 0 Å². The van der Waals surface area contributed by atoms with Gasteiger partial charge in [0.25, 0.3) is 0 Å². The zero-order valence-electron chi connectivity index (χ0n) is 14.3. The molecule has 2 fully saturated rings. The van der Waals surface area contributed by atoms with Gasteiger partial charge >= 0.3 is 0 Å². The highest BCUT2D eigenvalue weighted by Crippen LogP contribution is 2.43. The van der Waals surface area contributed by atoms with Gasteiger partial charge in [-0.25, -0.2) is 0 Å². The summed E-state index contributed by atoms with van der Waals surface area (Å²) in [7, 11) is 0. The standard InChI is InChI=1S/C17H32N2O/c1-15(2,3)11-14(20)18-9-7-17(8-10-18)12-19(13-17)16(4,5)6/h7-13H2,1-6H3. The molecule has 2 heterocycles. The first kappa shape index (κ1) is 15.8. The fourth-order valence-corrected chi connectivity index (χ4v) is 3.35. The van der Waals surface area contributed by atoms with Crippen LogP contribution in [0.4, 0.5) is 0 Å². The number of carbonyl (C=O) groups is 1. The number of piperidine rings is 1. The summed E-state index contributed by atoms with van der Waals surface area (Å²) in [5.74, 6) is 0.347. The lowest BCUT2D eigenvalue weighted by atomic mass is 9.70. The van der Waals surface area contributed by atoms with Crippen LogP contribution in [0.3, 0.4) is 0 Å². The largest absolute Gasteiger partial charge is 0.343 e. The van der Waals surface area contributed by atoms with E-state index in [1.54, 1.807) is 0 Å². The number of hydrogen-bond acceptors (Lipinski definition) is 2. The Balaban J connectivity index is 1.81. The first-order chi connectivity index (χ1) is 9.01. The molecule has 116 valence electrons. The molecule has 0 bridgehead atoms. The molecule has 0 aliphatic carbocycles. The topological polar surface area (TPSA) is 23.6 Å². The van der Waals surface area contributed by atoms with Crippen molar-refractivity contribution in [3.63, 3.8) is 0 Å². The second-order valence-corrected chi connectivity index (χ2v) is 9.15. The zero-order valence-corrected chi connectivity index (χ0v) is 14.3. The molecular weight excluding hydrogens is 248 g/mol. The van der Waals surface area contributed by atoms with Gasteiger partial charge in [0.1, 0.15) is 0 Å². The van der Waals surface area contributed by atoms with Crippen molar-refractivity contribution in [2.75, 3.05) is 26.2 Å². The lowest BCUT2D eigenvalue weighted by Crippen LogP contribution is -2.65. The molecule has 3 nitrogen and oxygen atoms in total. The Morgan fingerprint density at radius 3 is 1.90 bits per heavy atom. The van der Waals surface area contributed by atoms with Gasteiger partial charge in [-0.05, 0) is 44.4 Å². The van der Waals surface area contributed by atoms with Crippen LogP contribution in [-0.4, -0.2) is 47.4 Å². The fraction of sp³-hybridized carbons (Fsp3) is 0.941. The minimum Gasteiger partial charge on any atom is -0.343 e. The van der Waals surface area contributed by atoms with Gasteiger partial charge < -0.3 is 4.90 Å². The molecule has 0 N–H and O–H groups in total. The molecule has 1 spiro atoms. The number of carbonyl (C=O) groups excluding carboxylic acids is 1. The quantitative estimate of drug-likeness (QED) is 0.736. The van der Waals surface area contributed by atoms with Crippen molar-refractivity contribution in [2.24, 2.45) is 10.8 Å². The van der Waals surface area contributed by atoms with E-state index in [0.29, 0.717) is 23.3 Å². The van der Waals surface area contributed by atoms with E-state index < -0.39 is 0 Å². The SMILES string of the molecule is CC(C)(C)CC(=O)N1CCC2(CC1)CN(C(C)(C)C)C2. The van der Waals surface area contributed by atoms with E-state index in [4.69, 9.17) is 0 Å². The van der Waals surface area contributed by atoms with Crippen LogP contribution >= 0.6 is 0 Å². The highest BCUT2D eigenvalue weighted by atomic mass is 16.2. The molecule has 0 aromatic carbocycles. The normalized spacial score (nSPS) is 23.8. The second kappa shape index (κ2) is 5.01. The Hall–Kier alpha value is -0.570. The predicted molar refractivity (Wildman–Crippen MR) is 83.6 cm³/mol. The highest BCUT2D eigenvalue weighted by molar-refractivity contribution is 5.76. The number of hydrogen-bond donors (Lipinski definition) is 0. The van der Waals surface area contributed by atoms with Crippen LogP contribution in [0, 0.1) is 10.8 Å². The summed E-state index contributed by atoms with van der Waals surface area (Å²) in [5, 5.41) is 0. The summed E-state index contributed by atoms with van der Waals surface area (Å²) in [6.45, 7) is 17.7. The van der Waals surface area contributed by atoms with Crippen molar-refractivity contribution in [1.29, 1.82) is 0 Å². The maximum atomic E-state index is 12.3. The summed E-state index contributed by atoms with van der Waals surface area (Å²) in [5.41, 5.74) is 0.905.